The Kier molecular flexibility index (Phi) is 2.82. The predicted octanol–water partition coefficient (Wildman–Crippen LogP) is 3.65. The van der Waals surface area contributed by atoms with Crippen LogP contribution >= 0.6 is 11.8 Å². The van der Waals surface area contributed by atoms with Crippen molar-refractivity contribution in [2.45, 2.75) is 49.2 Å². The van der Waals surface area contributed by atoms with Crippen molar-refractivity contribution in [1.82, 2.24) is 0 Å². The van der Waals surface area contributed by atoms with E-state index in [1.54, 1.807) is 12.1 Å². The normalized spacial score (nSPS) is 22.8. The Morgan fingerprint density at radius 3 is 2.56 bits per heavy atom. The quantitative estimate of drug-likeness (QED) is 0.734. The molecule has 0 bridgehead atoms. The molecule has 1 aromatic carbocycles. The van der Waals surface area contributed by atoms with E-state index in [2.05, 4.69) is 20.8 Å². The minimum absolute atomic E-state index is 0.0117. The van der Waals surface area contributed by atoms with E-state index in [4.69, 9.17) is 0 Å². The molecule has 0 saturated heterocycles. The monoisotopic (exact) mass is 238 g/mol. The van der Waals surface area contributed by atoms with Crippen LogP contribution in [0.3, 0.4) is 0 Å². The molecule has 0 aliphatic carbocycles. The van der Waals surface area contributed by atoms with Crippen molar-refractivity contribution in [1.29, 1.82) is 0 Å². The fourth-order valence-electron chi connectivity index (χ4n) is 2.31. The van der Waals surface area contributed by atoms with Crippen molar-refractivity contribution in [3.05, 3.63) is 17.7 Å². The molecule has 0 fully saturated rings. The number of rotatable bonds is 1. The Labute approximate surface area is 101 Å². The summed E-state index contributed by atoms with van der Waals surface area (Å²) in [6.07, 6.45) is 2.25. The molecule has 2 N–H and O–H groups in total. The van der Waals surface area contributed by atoms with Crippen LogP contribution in [-0.4, -0.2) is 15.5 Å². The van der Waals surface area contributed by atoms with Crippen LogP contribution in [0.25, 0.3) is 0 Å². The maximum atomic E-state index is 9.57. The number of benzene rings is 1. The summed E-state index contributed by atoms with van der Waals surface area (Å²) in [5.74, 6) is -0.0267. The molecule has 88 valence electrons. The number of thioether (sulfide) groups is 1. The maximum absolute atomic E-state index is 9.57. The van der Waals surface area contributed by atoms with Crippen molar-refractivity contribution < 1.29 is 10.2 Å². The first-order chi connectivity index (χ1) is 7.44. The van der Waals surface area contributed by atoms with Gasteiger partial charge in [-0.3, -0.25) is 0 Å². The van der Waals surface area contributed by atoms with E-state index >= 15 is 0 Å². The first kappa shape index (κ1) is 11.6. The summed E-state index contributed by atoms with van der Waals surface area (Å²) in [6.45, 7) is 6.59. The third kappa shape index (κ3) is 1.88. The van der Waals surface area contributed by atoms with Gasteiger partial charge in [0.25, 0.3) is 0 Å². The SMILES string of the molecule is CCC1CC(C)(C)c2cc(O)c(O)cc2S1. The lowest BCUT2D eigenvalue weighted by Crippen LogP contribution is -2.27. The molecule has 16 heavy (non-hydrogen) atoms. The zero-order chi connectivity index (χ0) is 11.9. The molecule has 3 heteroatoms. The fraction of sp³-hybridized carbons (Fsp3) is 0.538. The third-order valence-electron chi connectivity index (χ3n) is 3.29. The molecule has 1 heterocycles. The highest BCUT2D eigenvalue weighted by Gasteiger charge is 2.33. The topological polar surface area (TPSA) is 40.5 Å². The minimum Gasteiger partial charge on any atom is -0.504 e. The van der Waals surface area contributed by atoms with E-state index in [0.29, 0.717) is 5.25 Å². The number of aromatic hydroxyl groups is 2. The summed E-state index contributed by atoms with van der Waals surface area (Å²) in [4.78, 5) is 1.11. The van der Waals surface area contributed by atoms with Crippen LogP contribution in [0.15, 0.2) is 17.0 Å². The molecule has 0 amide bonds. The maximum Gasteiger partial charge on any atom is 0.158 e. The Hall–Kier alpha value is -0.830. The predicted molar refractivity (Wildman–Crippen MR) is 67.4 cm³/mol. The van der Waals surface area contributed by atoms with Crippen molar-refractivity contribution in [2.24, 2.45) is 0 Å². The van der Waals surface area contributed by atoms with Gasteiger partial charge in [0.2, 0.25) is 0 Å². The number of hydrogen-bond donors (Lipinski definition) is 2. The van der Waals surface area contributed by atoms with Gasteiger partial charge in [-0.05, 0) is 36.0 Å². The molecule has 2 rings (SSSR count). The van der Waals surface area contributed by atoms with Crippen LogP contribution in [0.4, 0.5) is 0 Å². The van der Waals surface area contributed by atoms with E-state index < -0.39 is 0 Å². The molecule has 1 aliphatic rings. The standard InChI is InChI=1S/C13H18O2S/c1-4-8-7-13(2,3)9-5-10(14)11(15)6-12(9)16-8/h5-6,8,14-15H,4,7H2,1-3H3. The lowest BCUT2D eigenvalue weighted by Gasteiger charge is -2.36. The summed E-state index contributed by atoms with van der Waals surface area (Å²) in [7, 11) is 0. The molecular formula is C13H18O2S. The van der Waals surface area contributed by atoms with Crippen molar-refractivity contribution >= 4 is 11.8 Å². The molecular weight excluding hydrogens is 220 g/mol. The van der Waals surface area contributed by atoms with Crippen LogP contribution in [0.1, 0.15) is 39.2 Å². The molecule has 0 radical (unpaired) electrons. The number of phenolic OH excluding ortho intramolecular Hbond substituents is 2. The molecule has 0 saturated carbocycles. The molecule has 1 aliphatic heterocycles. The molecule has 1 atom stereocenters. The number of phenols is 2. The van der Waals surface area contributed by atoms with Crippen LogP contribution in [0.2, 0.25) is 0 Å². The summed E-state index contributed by atoms with van der Waals surface area (Å²) < 4.78 is 0. The molecule has 1 aromatic rings. The van der Waals surface area contributed by atoms with Crippen LogP contribution in [0, 0.1) is 0 Å². The summed E-state index contributed by atoms with van der Waals surface area (Å²) in [6, 6.07) is 3.41. The van der Waals surface area contributed by atoms with Crippen LogP contribution < -0.4 is 0 Å². The van der Waals surface area contributed by atoms with Gasteiger partial charge in [0.05, 0.1) is 0 Å². The zero-order valence-corrected chi connectivity index (χ0v) is 10.8. The van der Waals surface area contributed by atoms with E-state index in [9.17, 15) is 10.2 Å². The van der Waals surface area contributed by atoms with Gasteiger partial charge in [-0.25, -0.2) is 0 Å². The van der Waals surface area contributed by atoms with Crippen molar-refractivity contribution in [2.75, 3.05) is 0 Å². The van der Waals surface area contributed by atoms with E-state index in [1.807, 2.05) is 11.8 Å². The van der Waals surface area contributed by atoms with Gasteiger partial charge in [0, 0.05) is 10.1 Å². The Bertz CT molecular complexity index is 413. The van der Waals surface area contributed by atoms with Gasteiger partial charge < -0.3 is 10.2 Å². The molecule has 0 aromatic heterocycles. The van der Waals surface area contributed by atoms with Crippen LogP contribution in [0.5, 0.6) is 11.5 Å². The Balaban J connectivity index is 2.51. The molecule has 2 nitrogen and oxygen atoms in total. The largest absolute Gasteiger partial charge is 0.504 e. The van der Waals surface area contributed by atoms with Gasteiger partial charge in [-0.1, -0.05) is 20.8 Å². The van der Waals surface area contributed by atoms with Crippen molar-refractivity contribution in [3.63, 3.8) is 0 Å². The molecule has 1 unspecified atom stereocenters. The van der Waals surface area contributed by atoms with E-state index in [-0.39, 0.29) is 16.9 Å². The van der Waals surface area contributed by atoms with Gasteiger partial charge >= 0.3 is 0 Å². The number of fused-ring (bicyclic) bond motifs is 1. The van der Waals surface area contributed by atoms with E-state index in [0.717, 1.165) is 23.3 Å². The Morgan fingerprint density at radius 1 is 1.31 bits per heavy atom. The second-order valence-electron chi connectivity index (χ2n) is 5.07. The lowest BCUT2D eigenvalue weighted by atomic mass is 9.79. The third-order valence-corrected chi connectivity index (χ3v) is 4.72. The zero-order valence-electron chi connectivity index (χ0n) is 9.95. The fourth-order valence-corrected chi connectivity index (χ4v) is 3.98. The second kappa shape index (κ2) is 3.88. The van der Waals surface area contributed by atoms with Gasteiger partial charge in [-0.15, -0.1) is 11.8 Å². The average molecular weight is 238 g/mol. The highest BCUT2D eigenvalue weighted by Crippen LogP contribution is 2.49. The lowest BCUT2D eigenvalue weighted by molar-refractivity contribution is 0.393. The van der Waals surface area contributed by atoms with Gasteiger partial charge in [-0.2, -0.15) is 0 Å². The summed E-state index contributed by atoms with van der Waals surface area (Å²) in [5, 5.41) is 19.7. The van der Waals surface area contributed by atoms with Crippen molar-refractivity contribution in [3.8, 4) is 11.5 Å². The van der Waals surface area contributed by atoms with E-state index in [1.165, 1.54) is 0 Å². The first-order valence-electron chi connectivity index (χ1n) is 5.67. The summed E-state index contributed by atoms with van der Waals surface area (Å²) >= 11 is 1.81. The van der Waals surface area contributed by atoms with Gasteiger partial charge in [0.1, 0.15) is 0 Å². The average Bonchev–Trinajstić information content (AvgIpc) is 2.20. The highest BCUT2D eigenvalue weighted by molar-refractivity contribution is 8.00. The highest BCUT2D eigenvalue weighted by atomic mass is 32.2. The minimum atomic E-state index is -0.0150. The second-order valence-corrected chi connectivity index (χ2v) is 6.42. The van der Waals surface area contributed by atoms with Crippen LogP contribution in [-0.2, 0) is 5.41 Å². The van der Waals surface area contributed by atoms with Gasteiger partial charge in [0.15, 0.2) is 11.5 Å². The smallest absolute Gasteiger partial charge is 0.158 e. The number of hydrogen-bond acceptors (Lipinski definition) is 3. The Morgan fingerprint density at radius 2 is 1.94 bits per heavy atom. The molecule has 0 spiro atoms. The first-order valence-corrected chi connectivity index (χ1v) is 6.55. The summed E-state index contributed by atoms with van der Waals surface area (Å²) in [5.41, 5.74) is 1.23.